The third-order valence-electron chi connectivity index (χ3n) is 2.92. The molecule has 6 heteroatoms. The average molecular weight is 283 g/mol. The molecule has 0 aliphatic rings. The first kappa shape index (κ1) is 16.1. The molecule has 110 valence electrons. The van der Waals surface area contributed by atoms with E-state index in [0.717, 1.165) is 6.07 Å². The van der Waals surface area contributed by atoms with Gasteiger partial charge in [0.15, 0.2) is 0 Å². The molecule has 0 aromatic heterocycles. The molecule has 1 aromatic carbocycles. The molecule has 3 N–H and O–H groups in total. The number of halogens is 1. The highest BCUT2D eigenvalue weighted by atomic mass is 19.1. The van der Waals surface area contributed by atoms with E-state index in [1.165, 1.54) is 32.0 Å². The molecule has 1 unspecified atom stereocenters. The number of carboxylic acid groups (broad SMARTS) is 1. The van der Waals surface area contributed by atoms with Crippen molar-refractivity contribution in [3.8, 4) is 0 Å². The zero-order valence-electron chi connectivity index (χ0n) is 11.4. The van der Waals surface area contributed by atoms with Crippen LogP contribution in [0.15, 0.2) is 24.3 Å². The van der Waals surface area contributed by atoms with Gasteiger partial charge in [-0.05, 0) is 31.5 Å². The molecule has 0 radical (unpaired) electrons. The van der Waals surface area contributed by atoms with E-state index in [2.05, 4.69) is 5.32 Å². The first-order valence-corrected chi connectivity index (χ1v) is 6.16. The van der Waals surface area contributed by atoms with Crippen molar-refractivity contribution in [2.24, 2.45) is 5.41 Å². The molecular weight excluding hydrogens is 265 g/mol. The smallest absolute Gasteiger partial charge is 0.310 e. The summed E-state index contributed by atoms with van der Waals surface area (Å²) < 4.78 is 13.0. The normalized spacial score (nSPS) is 12.8. The second kappa shape index (κ2) is 6.47. The van der Waals surface area contributed by atoms with E-state index in [-0.39, 0.29) is 13.0 Å². The minimum atomic E-state index is -1.13. The van der Waals surface area contributed by atoms with Gasteiger partial charge in [-0.15, -0.1) is 0 Å². The number of hydrogen-bond acceptors (Lipinski definition) is 3. The Morgan fingerprint density at radius 1 is 1.40 bits per heavy atom. The Labute approximate surface area is 116 Å². The largest absolute Gasteiger partial charge is 0.481 e. The van der Waals surface area contributed by atoms with Crippen LogP contribution in [0.2, 0.25) is 0 Å². The third-order valence-corrected chi connectivity index (χ3v) is 2.92. The minimum Gasteiger partial charge on any atom is -0.481 e. The maximum atomic E-state index is 13.0. The van der Waals surface area contributed by atoms with Crippen LogP contribution >= 0.6 is 0 Å². The van der Waals surface area contributed by atoms with Gasteiger partial charge in [0.2, 0.25) is 5.91 Å². The van der Waals surface area contributed by atoms with Crippen molar-refractivity contribution in [2.45, 2.75) is 26.4 Å². The summed E-state index contributed by atoms with van der Waals surface area (Å²) in [6.07, 6.45) is -1.38. The quantitative estimate of drug-likeness (QED) is 0.738. The van der Waals surface area contributed by atoms with Crippen molar-refractivity contribution in [3.05, 3.63) is 35.6 Å². The van der Waals surface area contributed by atoms with E-state index in [9.17, 15) is 19.1 Å². The van der Waals surface area contributed by atoms with Crippen molar-refractivity contribution in [3.63, 3.8) is 0 Å². The van der Waals surface area contributed by atoms with Crippen LogP contribution in [-0.2, 0) is 9.59 Å². The first-order valence-electron chi connectivity index (χ1n) is 6.16. The van der Waals surface area contributed by atoms with Gasteiger partial charge >= 0.3 is 5.97 Å². The van der Waals surface area contributed by atoms with E-state index in [1.807, 2.05) is 0 Å². The molecule has 5 nitrogen and oxygen atoms in total. The number of hydrogen-bond donors (Lipinski definition) is 3. The lowest BCUT2D eigenvalue weighted by Crippen LogP contribution is -2.39. The van der Waals surface area contributed by atoms with Gasteiger partial charge in [0.1, 0.15) is 5.82 Å². The van der Waals surface area contributed by atoms with Gasteiger partial charge in [-0.1, -0.05) is 12.1 Å². The molecule has 0 bridgehead atoms. The highest BCUT2D eigenvalue weighted by Crippen LogP contribution is 2.18. The van der Waals surface area contributed by atoms with Gasteiger partial charge < -0.3 is 15.5 Å². The summed E-state index contributed by atoms with van der Waals surface area (Å²) in [6, 6.07) is 5.35. The second-order valence-electron chi connectivity index (χ2n) is 5.24. The number of aliphatic hydroxyl groups excluding tert-OH is 1. The minimum absolute atomic E-state index is 0.0446. The van der Waals surface area contributed by atoms with E-state index < -0.39 is 29.2 Å². The molecule has 0 saturated carbocycles. The van der Waals surface area contributed by atoms with Crippen LogP contribution in [0.3, 0.4) is 0 Å². The zero-order chi connectivity index (χ0) is 15.3. The second-order valence-corrected chi connectivity index (χ2v) is 5.24. The zero-order valence-corrected chi connectivity index (χ0v) is 11.4. The number of carbonyl (C=O) groups excluding carboxylic acids is 1. The van der Waals surface area contributed by atoms with Crippen molar-refractivity contribution >= 4 is 11.9 Å². The molecule has 1 amide bonds. The molecule has 1 aromatic rings. The molecule has 0 saturated heterocycles. The maximum Gasteiger partial charge on any atom is 0.310 e. The lowest BCUT2D eigenvalue weighted by Gasteiger charge is -2.20. The monoisotopic (exact) mass is 283 g/mol. The number of carbonyl (C=O) groups is 2. The van der Waals surface area contributed by atoms with Crippen LogP contribution in [-0.4, -0.2) is 28.6 Å². The molecule has 20 heavy (non-hydrogen) atoms. The standard InChI is InChI=1S/C14H18FNO4/c1-14(2,13(19)20)8-16-12(18)7-11(17)9-4-3-5-10(15)6-9/h3-6,11,17H,7-8H2,1-2H3,(H,16,18)(H,19,20). The maximum absolute atomic E-state index is 13.0. The van der Waals surface area contributed by atoms with Gasteiger partial charge in [0, 0.05) is 6.54 Å². The number of amides is 1. The van der Waals surface area contributed by atoms with Crippen LogP contribution in [0.4, 0.5) is 4.39 Å². The Balaban J connectivity index is 2.52. The highest BCUT2D eigenvalue weighted by Gasteiger charge is 2.27. The molecule has 0 aliphatic carbocycles. The van der Waals surface area contributed by atoms with Crippen molar-refractivity contribution < 1.29 is 24.2 Å². The van der Waals surface area contributed by atoms with Gasteiger partial charge in [-0.2, -0.15) is 0 Å². The first-order chi connectivity index (χ1) is 9.22. The third kappa shape index (κ3) is 4.62. The fourth-order valence-electron chi connectivity index (χ4n) is 1.47. The lowest BCUT2D eigenvalue weighted by atomic mass is 9.94. The van der Waals surface area contributed by atoms with Gasteiger partial charge in [-0.25, -0.2) is 4.39 Å². The summed E-state index contributed by atoms with van der Waals surface area (Å²) >= 11 is 0. The van der Waals surface area contributed by atoms with E-state index in [4.69, 9.17) is 5.11 Å². The number of aliphatic hydroxyl groups is 1. The van der Waals surface area contributed by atoms with Gasteiger partial charge in [-0.3, -0.25) is 9.59 Å². The molecule has 0 heterocycles. The Morgan fingerprint density at radius 3 is 2.60 bits per heavy atom. The molecule has 1 atom stereocenters. The van der Waals surface area contributed by atoms with Gasteiger partial charge in [0.05, 0.1) is 17.9 Å². The summed E-state index contributed by atoms with van der Waals surface area (Å²) in [6.45, 7) is 2.92. The number of carboxylic acids is 1. The van der Waals surface area contributed by atoms with Crippen LogP contribution in [0, 0.1) is 11.2 Å². The predicted octanol–water partition coefficient (Wildman–Crippen LogP) is 1.48. The summed E-state index contributed by atoms with van der Waals surface area (Å²) in [5, 5.41) is 21.2. The number of rotatable bonds is 6. The molecule has 0 aliphatic heterocycles. The summed E-state index contributed by atoms with van der Waals surface area (Å²) in [5.41, 5.74) is -0.780. The molecular formula is C14H18FNO4. The van der Waals surface area contributed by atoms with Crippen molar-refractivity contribution in [1.29, 1.82) is 0 Å². The van der Waals surface area contributed by atoms with E-state index in [1.54, 1.807) is 0 Å². The Morgan fingerprint density at radius 2 is 2.05 bits per heavy atom. The van der Waals surface area contributed by atoms with Crippen LogP contribution in [0.5, 0.6) is 0 Å². The van der Waals surface area contributed by atoms with Crippen LogP contribution < -0.4 is 5.32 Å². The predicted molar refractivity (Wildman–Crippen MR) is 70.4 cm³/mol. The van der Waals surface area contributed by atoms with Gasteiger partial charge in [0.25, 0.3) is 0 Å². The number of benzene rings is 1. The summed E-state index contributed by atoms with van der Waals surface area (Å²) in [7, 11) is 0. The average Bonchev–Trinajstić information content (AvgIpc) is 2.36. The van der Waals surface area contributed by atoms with Crippen molar-refractivity contribution in [1.82, 2.24) is 5.32 Å². The molecule has 0 spiro atoms. The number of nitrogens with one attached hydrogen (secondary N) is 1. The molecule has 1 rings (SSSR count). The molecule has 0 fully saturated rings. The Hall–Kier alpha value is -1.95. The SMILES string of the molecule is CC(C)(CNC(=O)CC(O)c1cccc(F)c1)C(=O)O. The van der Waals surface area contributed by atoms with Crippen LogP contribution in [0.1, 0.15) is 31.9 Å². The van der Waals surface area contributed by atoms with Crippen molar-refractivity contribution in [2.75, 3.05) is 6.54 Å². The summed E-state index contributed by atoms with van der Waals surface area (Å²) in [4.78, 5) is 22.5. The van der Waals surface area contributed by atoms with E-state index >= 15 is 0 Å². The van der Waals surface area contributed by atoms with Crippen LogP contribution in [0.25, 0.3) is 0 Å². The topological polar surface area (TPSA) is 86.6 Å². The van der Waals surface area contributed by atoms with E-state index in [0.29, 0.717) is 5.56 Å². The number of aliphatic carboxylic acids is 1. The summed E-state index contributed by atoms with van der Waals surface area (Å²) in [5.74, 6) is -2.01. The lowest BCUT2D eigenvalue weighted by molar-refractivity contribution is -0.146. The fraction of sp³-hybridized carbons (Fsp3) is 0.429. The fourth-order valence-corrected chi connectivity index (χ4v) is 1.47. The highest BCUT2D eigenvalue weighted by molar-refractivity contribution is 5.79. The Bertz CT molecular complexity index is 502. The Kier molecular flexibility index (Phi) is 5.21.